The summed E-state index contributed by atoms with van der Waals surface area (Å²) in [5.41, 5.74) is 0. The predicted molar refractivity (Wildman–Crippen MR) is 28.1 cm³/mol. The summed E-state index contributed by atoms with van der Waals surface area (Å²) in [5, 5.41) is 0. The minimum absolute atomic E-state index is 0.225. The zero-order valence-corrected chi connectivity index (χ0v) is 18.2. The van der Waals surface area contributed by atoms with E-state index in [0.717, 1.165) is 0 Å². The van der Waals surface area contributed by atoms with Crippen LogP contribution in [-0.4, -0.2) is 78.7 Å². The Morgan fingerprint density at radius 2 is 1.25 bits per heavy atom. The Morgan fingerprint density at radius 1 is 1.00 bits per heavy atom. The molecule has 0 spiro atoms. The van der Waals surface area contributed by atoms with Crippen LogP contribution in [-0.2, 0) is 12.0 Å². The second-order valence-electron chi connectivity index (χ2n) is 0.763. The molecule has 0 aromatic carbocycles. The van der Waals surface area contributed by atoms with Crippen LogP contribution < -0.4 is 0 Å². The van der Waals surface area contributed by atoms with E-state index in [4.69, 9.17) is 0 Å². The fourth-order valence-corrected chi connectivity index (χ4v) is 17.2. The molecule has 0 aliphatic carbocycles. The minimum atomic E-state index is -2.94. The molecular weight excluding hydrogens is 708 g/mol. The van der Waals surface area contributed by atoms with Gasteiger partial charge in [0.25, 0.3) is 0 Å². The van der Waals surface area contributed by atoms with Crippen LogP contribution in [0.1, 0.15) is 0 Å². The van der Waals surface area contributed by atoms with Crippen molar-refractivity contribution in [1.29, 1.82) is 0 Å². The van der Waals surface area contributed by atoms with Gasteiger partial charge in [0.2, 0.25) is 0 Å². The summed E-state index contributed by atoms with van der Waals surface area (Å²) in [4.78, 5) is 0. The van der Waals surface area contributed by atoms with Gasteiger partial charge in [-0.15, -0.1) is 0 Å². The van der Waals surface area contributed by atoms with Crippen LogP contribution in [0.25, 0.3) is 0 Å². The number of hydrogen-bond donors (Lipinski definition) is 0. The van der Waals surface area contributed by atoms with Crippen LogP contribution in [0.2, 0.25) is 0 Å². The summed E-state index contributed by atoms with van der Waals surface area (Å²) in [6.07, 6.45) is 0. The standard InChI is InChI=1S/H3O4P.3Tl/c1-5(2,3)4;;;/h(H3,1,2,3,4);;;/q;3*+1/p-3. The van der Waals surface area contributed by atoms with Crippen molar-refractivity contribution in [1.82, 2.24) is 0 Å². The molecule has 0 amide bonds. The van der Waals surface area contributed by atoms with Crippen molar-refractivity contribution in [2.75, 3.05) is 0 Å². The van der Waals surface area contributed by atoms with Crippen LogP contribution in [0.3, 0.4) is 0 Å². The van der Waals surface area contributed by atoms with E-state index < -0.39 is 7.82 Å². The molecule has 0 bridgehead atoms. The molecule has 8 heteroatoms. The van der Waals surface area contributed by atoms with Gasteiger partial charge in [0.15, 0.2) is 0 Å². The average Bonchev–Trinajstić information content (AvgIpc) is 1.87. The first-order chi connectivity index (χ1) is 3.68. The Bertz CT molecular complexity index is 82.4. The van der Waals surface area contributed by atoms with E-state index in [1.165, 1.54) is 0 Å². The van der Waals surface area contributed by atoms with Crippen molar-refractivity contribution in [2.45, 2.75) is 0 Å². The molecule has 38 valence electrons. The van der Waals surface area contributed by atoms with Crippen molar-refractivity contribution in [2.24, 2.45) is 0 Å². The van der Waals surface area contributed by atoms with Crippen molar-refractivity contribution >= 4 is 86.5 Å². The van der Waals surface area contributed by atoms with Crippen molar-refractivity contribution in [3.63, 3.8) is 0 Å². The average molecular weight is 708 g/mol. The number of hydrogen-bond acceptors (Lipinski definition) is 4. The van der Waals surface area contributed by atoms with Gasteiger partial charge in [-0.1, -0.05) is 0 Å². The molecule has 0 radical (unpaired) electrons. The molecule has 8 heavy (non-hydrogen) atoms. The fourth-order valence-electron chi connectivity index (χ4n) is 0.0745. The summed E-state index contributed by atoms with van der Waals surface area (Å²) in [6, 6.07) is 0. The molecular formula is O4PTl3. The van der Waals surface area contributed by atoms with Gasteiger partial charge >= 0.3 is 98.5 Å². The van der Waals surface area contributed by atoms with Gasteiger partial charge in [-0.05, 0) is 0 Å². The predicted octanol–water partition coefficient (Wildman–Crippen LogP) is -0.605. The second-order valence-corrected chi connectivity index (χ2v) is 9.67. The van der Waals surface area contributed by atoms with Crippen molar-refractivity contribution in [3.8, 4) is 0 Å². The van der Waals surface area contributed by atoms with Gasteiger partial charge < -0.3 is 0 Å². The molecule has 4 nitrogen and oxygen atoms in total. The summed E-state index contributed by atoms with van der Waals surface area (Å²) in [5.74, 6) is 0. The van der Waals surface area contributed by atoms with Crippen LogP contribution in [0, 0.1) is 0 Å². The van der Waals surface area contributed by atoms with E-state index >= 15 is 0 Å². The molecule has 0 saturated heterocycles. The van der Waals surface area contributed by atoms with Gasteiger partial charge in [0.05, 0.1) is 0 Å². The molecule has 0 atom stereocenters. The number of phosphoric acid groups is 1. The van der Waals surface area contributed by atoms with E-state index in [1.54, 1.807) is 0 Å². The first kappa shape index (κ1) is 10.9. The van der Waals surface area contributed by atoms with Gasteiger partial charge in [-0.25, -0.2) is 0 Å². The van der Waals surface area contributed by atoms with Crippen molar-refractivity contribution in [3.05, 3.63) is 0 Å². The SMILES string of the molecule is O=P([O][Tl])([O][Tl])[O][Tl]. The van der Waals surface area contributed by atoms with E-state index in [9.17, 15) is 4.57 Å². The quantitative estimate of drug-likeness (QED) is 0.291. The van der Waals surface area contributed by atoms with E-state index in [2.05, 4.69) is 7.42 Å². The van der Waals surface area contributed by atoms with E-state index in [-0.39, 0.29) is 78.7 Å². The first-order valence-electron chi connectivity index (χ1n) is 1.44. The molecule has 0 aromatic rings. The topological polar surface area (TPSA) is 44.8 Å². The molecule has 0 aromatic heterocycles. The van der Waals surface area contributed by atoms with Crippen LogP contribution in [0.5, 0.6) is 0 Å². The van der Waals surface area contributed by atoms with Crippen LogP contribution >= 0.6 is 7.82 Å². The van der Waals surface area contributed by atoms with Gasteiger partial charge in [-0.2, -0.15) is 0 Å². The molecule has 0 aliphatic rings. The maximum absolute atomic E-state index is 10.8. The third-order valence-electron chi connectivity index (χ3n) is 0.387. The maximum atomic E-state index is 10.8. The summed E-state index contributed by atoms with van der Waals surface area (Å²) < 4.78 is 24.6. The Hall–Kier alpha value is 2.88. The van der Waals surface area contributed by atoms with Gasteiger partial charge in [0.1, 0.15) is 0 Å². The normalized spacial score (nSPS) is 11.1. The summed E-state index contributed by atoms with van der Waals surface area (Å²) in [6.45, 7) is 0. The molecule has 0 aliphatic heterocycles. The second kappa shape index (κ2) is 5.52. The zero-order chi connectivity index (χ0) is 6.62. The Balaban J connectivity index is 3.79. The van der Waals surface area contributed by atoms with Crippen molar-refractivity contribution < 1.29 is 12.0 Å². The third kappa shape index (κ3) is 3.90. The van der Waals surface area contributed by atoms with Crippen LogP contribution in [0.15, 0.2) is 0 Å². The molecule has 0 saturated carbocycles. The molecule has 0 rings (SSSR count). The first-order valence-corrected chi connectivity index (χ1v) is 8.40. The molecule has 0 unspecified atom stereocenters. The van der Waals surface area contributed by atoms with E-state index in [0.29, 0.717) is 0 Å². The van der Waals surface area contributed by atoms with Gasteiger partial charge in [-0.3, -0.25) is 0 Å². The molecule has 0 N–H and O–H groups in total. The third-order valence-corrected chi connectivity index (χ3v) is 10.2. The Morgan fingerprint density at radius 3 is 1.25 bits per heavy atom. The fraction of sp³-hybridized carbons (Fsp3) is 0. The zero-order valence-electron chi connectivity index (χ0n) is 3.81. The summed E-state index contributed by atoms with van der Waals surface area (Å²) in [7, 11) is -2.94. The Kier molecular flexibility index (Phi) is 7.50. The molecule has 0 fully saturated rings. The van der Waals surface area contributed by atoms with Gasteiger partial charge in [0, 0.05) is 0 Å². The summed E-state index contributed by atoms with van der Waals surface area (Å²) >= 11 is 0.676. The van der Waals surface area contributed by atoms with E-state index in [1.807, 2.05) is 0 Å². The monoisotopic (exact) mass is 710 g/mol. The molecule has 0 heterocycles. The van der Waals surface area contributed by atoms with Crippen LogP contribution in [0.4, 0.5) is 0 Å². The number of rotatable bonds is 3. The Labute approximate surface area is 96.7 Å².